The van der Waals surface area contributed by atoms with Crippen LogP contribution in [0.1, 0.15) is 22.4 Å². The summed E-state index contributed by atoms with van der Waals surface area (Å²) >= 11 is 1.72. The fraction of sp³-hybridized carbons (Fsp3) is 0.308. The third-order valence-electron chi connectivity index (χ3n) is 2.53. The predicted molar refractivity (Wildman–Crippen MR) is 69.6 cm³/mol. The molecular weight excluding hydrogens is 216 g/mol. The normalized spacial score (nSPS) is 10.7. The van der Waals surface area contributed by atoms with Gasteiger partial charge in [0.1, 0.15) is 5.01 Å². The zero-order chi connectivity index (χ0) is 11.5. The molecule has 0 fully saturated rings. The molecule has 3 heteroatoms. The zero-order valence-corrected chi connectivity index (χ0v) is 10.5. The van der Waals surface area contributed by atoms with Gasteiger partial charge in [0.15, 0.2) is 0 Å². The van der Waals surface area contributed by atoms with Crippen LogP contribution in [0.4, 0.5) is 0 Å². The van der Waals surface area contributed by atoms with Crippen molar-refractivity contribution in [2.24, 2.45) is 5.73 Å². The molecule has 0 aliphatic carbocycles. The molecule has 0 atom stereocenters. The average Bonchev–Trinajstić information content (AvgIpc) is 2.72. The SMILES string of the molecule is CCc1sc(CN)nc1-c1cccc(C)c1. The van der Waals surface area contributed by atoms with Crippen molar-refractivity contribution in [3.8, 4) is 11.3 Å². The number of hydrogen-bond acceptors (Lipinski definition) is 3. The minimum Gasteiger partial charge on any atom is -0.325 e. The van der Waals surface area contributed by atoms with Gasteiger partial charge in [-0.05, 0) is 19.4 Å². The van der Waals surface area contributed by atoms with E-state index in [9.17, 15) is 0 Å². The molecule has 0 aliphatic rings. The Morgan fingerprint density at radius 3 is 2.81 bits per heavy atom. The Morgan fingerprint density at radius 2 is 2.19 bits per heavy atom. The Balaban J connectivity index is 2.50. The van der Waals surface area contributed by atoms with E-state index < -0.39 is 0 Å². The summed E-state index contributed by atoms with van der Waals surface area (Å²) in [6, 6.07) is 8.47. The minimum atomic E-state index is 0.531. The summed E-state index contributed by atoms with van der Waals surface area (Å²) in [5, 5.41) is 1.02. The molecule has 0 bridgehead atoms. The van der Waals surface area contributed by atoms with E-state index >= 15 is 0 Å². The van der Waals surface area contributed by atoms with E-state index in [0.717, 1.165) is 17.1 Å². The lowest BCUT2D eigenvalue weighted by atomic mass is 10.1. The smallest absolute Gasteiger partial charge is 0.107 e. The molecule has 0 unspecified atom stereocenters. The quantitative estimate of drug-likeness (QED) is 0.883. The van der Waals surface area contributed by atoms with Crippen LogP contribution < -0.4 is 5.73 Å². The van der Waals surface area contributed by atoms with Crippen LogP contribution in [-0.4, -0.2) is 4.98 Å². The zero-order valence-electron chi connectivity index (χ0n) is 9.66. The summed E-state index contributed by atoms with van der Waals surface area (Å²) in [4.78, 5) is 5.93. The van der Waals surface area contributed by atoms with Crippen LogP contribution in [0, 0.1) is 6.92 Å². The van der Waals surface area contributed by atoms with Crippen LogP contribution >= 0.6 is 11.3 Å². The Bertz CT molecular complexity index is 488. The lowest BCUT2D eigenvalue weighted by molar-refractivity contribution is 1.04. The van der Waals surface area contributed by atoms with Crippen molar-refractivity contribution in [3.05, 3.63) is 39.7 Å². The Hall–Kier alpha value is -1.19. The highest BCUT2D eigenvalue weighted by molar-refractivity contribution is 7.12. The maximum atomic E-state index is 5.64. The summed E-state index contributed by atoms with van der Waals surface area (Å²) in [5.74, 6) is 0. The third kappa shape index (κ3) is 2.15. The number of aromatic nitrogens is 1. The highest BCUT2D eigenvalue weighted by Crippen LogP contribution is 2.28. The van der Waals surface area contributed by atoms with Crippen LogP contribution in [0.2, 0.25) is 0 Å². The number of nitrogens with zero attached hydrogens (tertiary/aromatic N) is 1. The molecule has 0 spiro atoms. The van der Waals surface area contributed by atoms with Gasteiger partial charge in [0.05, 0.1) is 5.69 Å². The van der Waals surface area contributed by atoms with E-state index in [1.165, 1.54) is 16.0 Å². The molecular formula is C13H16N2S. The van der Waals surface area contributed by atoms with Gasteiger partial charge >= 0.3 is 0 Å². The number of benzene rings is 1. The molecule has 1 aromatic heterocycles. The van der Waals surface area contributed by atoms with Crippen molar-refractivity contribution < 1.29 is 0 Å². The highest BCUT2D eigenvalue weighted by atomic mass is 32.1. The lowest BCUT2D eigenvalue weighted by Crippen LogP contribution is -1.94. The van der Waals surface area contributed by atoms with Crippen LogP contribution in [0.15, 0.2) is 24.3 Å². The van der Waals surface area contributed by atoms with Crippen LogP contribution in [-0.2, 0) is 13.0 Å². The minimum absolute atomic E-state index is 0.531. The van der Waals surface area contributed by atoms with Gasteiger partial charge < -0.3 is 5.73 Å². The number of rotatable bonds is 3. The average molecular weight is 232 g/mol. The van der Waals surface area contributed by atoms with E-state index in [0.29, 0.717) is 6.54 Å². The third-order valence-corrected chi connectivity index (χ3v) is 3.75. The Morgan fingerprint density at radius 1 is 1.38 bits per heavy atom. The molecule has 2 aromatic rings. The summed E-state index contributed by atoms with van der Waals surface area (Å²) in [6.45, 7) is 4.79. The van der Waals surface area contributed by atoms with E-state index in [4.69, 9.17) is 5.73 Å². The van der Waals surface area contributed by atoms with Crippen LogP contribution in [0.25, 0.3) is 11.3 Å². The lowest BCUT2D eigenvalue weighted by Gasteiger charge is -2.01. The van der Waals surface area contributed by atoms with Gasteiger partial charge in [-0.2, -0.15) is 0 Å². The second-order valence-electron chi connectivity index (χ2n) is 3.81. The predicted octanol–water partition coefficient (Wildman–Crippen LogP) is 3.14. The number of thiazole rings is 1. The molecule has 2 rings (SSSR count). The molecule has 0 saturated heterocycles. The fourth-order valence-corrected chi connectivity index (χ4v) is 2.65. The van der Waals surface area contributed by atoms with E-state index in [1.54, 1.807) is 11.3 Å². The monoisotopic (exact) mass is 232 g/mol. The molecule has 1 aromatic carbocycles. The summed E-state index contributed by atoms with van der Waals surface area (Å²) in [5.41, 5.74) is 9.22. The van der Waals surface area contributed by atoms with Gasteiger partial charge in [0.25, 0.3) is 0 Å². The van der Waals surface area contributed by atoms with Crippen molar-refractivity contribution in [2.75, 3.05) is 0 Å². The fourth-order valence-electron chi connectivity index (χ4n) is 1.75. The topological polar surface area (TPSA) is 38.9 Å². The van der Waals surface area contributed by atoms with Crippen LogP contribution in [0.5, 0.6) is 0 Å². The molecule has 84 valence electrons. The maximum Gasteiger partial charge on any atom is 0.107 e. The molecule has 1 heterocycles. The van der Waals surface area contributed by atoms with E-state index in [-0.39, 0.29) is 0 Å². The first kappa shape index (κ1) is 11.3. The first-order chi connectivity index (χ1) is 7.74. The number of nitrogens with two attached hydrogens (primary N) is 1. The molecule has 2 N–H and O–H groups in total. The number of hydrogen-bond donors (Lipinski definition) is 1. The van der Waals surface area contributed by atoms with Crippen molar-refractivity contribution in [1.29, 1.82) is 0 Å². The standard InChI is InChI=1S/C13H16N2S/c1-3-11-13(15-12(8-14)16-11)10-6-4-5-9(2)7-10/h4-7H,3,8,14H2,1-2H3. The van der Waals surface area contributed by atoms with Gasteiger partial charge in [0, 0.05) is 17.0 Å². The first-order valence-electron chi connectivity index (χ1n) is 5.50. The van der Waals surface area contributed by atoms with Crippen molar-refractivity contribution >= 4 is 11.3 Å². The molecule has 0 aliphatic heterocycles. The van der Waals surface area contributed by atoms with Gasteiger partial charge in [-0.15, -0.1) is 11.3 Å². The Kier molecular flexibility index (Phi) is 3.36. The van der Waals surface area contributed by atoms with Gasteiger partial charge in [-0.25, -0.2) is 4.98 Å². The summed E-state index contributed by atoms with van der Waals surface area (Å²) < 4.78 is 0. The molecule has 16 heavy (non-hydrogen) atoms. The second kappa shape index (κ2) is 4.76. The van der Waals surface area contributed by atoms with Gasteiger partial charge in [-0.3, -0.25) is 0 Å². The van der Waals surface area contributed by atoms with Gasteiger partial charge in [-0.1, -0.05) is 30.7 Å². The van der Waals surface area contributed by atoms with Crippen LogP contribution in [0.3, 0.4) is 0 Å². The molecule has 0 amide bonds. The van der Waals surface area contributed by atoms with E-state index in [2.05, 4.69) is 43.1 Å². The molecule has 0 saturated carbocycles. The van der Waals surface area contributed by atoms with Crippen molar-refractivity contribution in [2.45, 2.75) is 26.8 Å². The first-order valence-corrected chi connectivity index (χ1v) is 6.32. The van der Waals surface area contributed by atoms with Crippen molar-refractivity contribution in [3.63, 3.8) is 0 Å². The number of aryl methyl sites for hydroxylation is 2. The Labute approximate surface area is 100 Å². The highest BCUT2D eigenvalue weighted by Gasteiger charge is 2.10. The second-order valence-corrected chi connectivity index (χ2v) is 4.97. The molecule has 0 radical (unpaired) electrons. The van der Waals surface area contributed by atoms with Crippen molar-refractivity contribution in [1.82, 2.24) is 4.98 Å². The maximum absolute atomic E-state index is 5.64. The molecule has 2 nitrogen and oxygen atoms in total. The largest absolute Gasteiger partial charge is 0.325 e. The van der Waals surface area contributed by atoms with E-state index in [1.807, 2.05) is 0 Å². The summed E-state index contributed by atoms with van der Waals surface area (Å²) in [7, 11) is 0. The summed E-state index contributed by atoms with van der Waals surface area (Å²) in [6.07, 6.45) is 1.01. The van der Waals surface area contributed by atoms with Gasteiger partial charge in [0.2, 0.25) is 0 Å².